The third-order valence-corrected chi connectivity index (χ3v) is 3.67. The van der Waals surface area contributed by atoms with Gasteiger partial charge in [0.25, 0.3) is 0 Å². The van der Waals surface area contributed by atoms with Gasteiger partial charge in [-0.3, -0.25) is 9.59 Å². The van der Waals surface area contributed by atoms with E-state index < -0.39 is 23.2 Å². The summed E-state index contributed by atoms with van der Waals surface area (Å²) in [5.74, 6) is -2.01. The van der Waals surface area contributed by atoms with Gasteiger partial charge in [0.2, 0.25) is 0 Å². The Morgan fingerprint density at radius 2 is 2.10 bits per heavy atom. The summed E-state index contributed by atoms with van der Waals surface area (Å²) in [4.78, 5) is 23.2. The predicted molar refractivity (Wildman–Crippen MR) is 82.1 cm³/mol. The molecule has 0 spiro atoms. The van der Waals surface area contributed by atoms with Gasteiger partial charge in [0.15, 0.2) is 0 Å². The maximum atomic E-state index is 13.0. The van der Waals surface area contributed by atoms with Crippen LogP contribution in [0.25, 0.3) is 0 Å². The molecule has 0 aliphatic rings. The molecule has 1 aromatic rings. The molecule has 116 valence electrons. The molecule has 0 saturated heterocycles. The highest BCUT2D eigenvalue weighted by Crippen LogP contribution is 2.19. The van der Waals surface area contributed by atoms with Gasteiger partial charge in [-0.2, -0.15) is 11.8 Å². The first-order chi connectivity index (χ1) is 9.75. The van der Waals surface area contributed by atoms with Crippen LogP contribution in [-0.2, 0) is 9.59 Å². The second-order valence-electron chi connectivity index (χ2n) is 4.70. The van der Waals surface area contributed by atoms with Crippen LogP contribution in [0.15, 0.2) is 18.2 Å². The largest absolute Gasteiger partial charge is 0.387 e. The van der Waals surface area contributed by atoms with Crippen LogP contribution in [0.2, 0.25) is 5.02 Å². The zero-order chi connectivity index (χ0) is 16.0. The smallest absolute Gasteiger partial charge is 0.313 e. The number of thioether (sulfide) groups is 1. The number of halogens is 2. The molecule has 0 saturated carbocycles. The lowest BCUT2D eigenvalue weighted by Crippen LogP contribution is -2.45. The van der Waals surface area contributed by atoms with E-state index in [1.165, 1.54) is 23.9 Å². The fourth-order valence-electron chi connectivity index (χ4n) is 1.47. The molecule has 0 radical (unpaired) electrons. The number of hydrogen-bond acceptors (Lipinski definition) is 4. The molecule has 0 fully saturated rings. The van der Waals surface area contributed by atoms with Crippen molar-refractivity contribution in [2.45, 2.75) is 12.5 Å². The SMILES string of the molecule is CSCC(C)(O)CNC(=O)C(=O)Nc1ccc(F)c(Cl)c1. The van der Waals surface area contributed by atoms with Crippen LogP contribution in [-0.4, -0.2) is 41.1 Å². The predicted octanol–water partition coefficient (Wildman–Crippen LogP) is 1.65. The Morgan fingerprint density at radius 1 is 1.43 bits per heavy atom. The topological polar surface area (TPSA) is 78.4 Å². The molecule has 0 aliphatic carbocycles. The number of hydrogen-bond donors (Lipinski definition) is 3. The summed E-state index contributed by atoms with van der Waals surface area (Å²) in [6, 6.07) is 3.57. The zero-order valence-electron chi connectivity index (χ0n) is 11.6. The van der Waals surface area contributed by atoms with E-state index in [-0.39, 0.29) is 17.3 Å². The number of carbonyl (C=O) groups excluding carboxylic acids is 2. The van der Waals surface area contributed by atoms with Crippen molar-refractivity contribution in [2.24, 2.45) is 0 Å². The van der Waals surface area contributed by atoms with Gasteiger partial charge in [-0.15, -0.1) is 0 Å². The average molecular weight is 335 g/mol. The van der Waals surface area contributed by atoms with E-state index in [9.17, 15) is 19.1 Å². The van der Waals surface area contributed by atoms with Gasteiger partial charge in [-0.05, 0) is 31.4 Å². The summed E-state index contributed by atoms with van der Waals surface area (Å²) >= 11 is 6.99. The molecule has 2 amide bonds. The van der Waals surface area contributed by atoms with E-state index in [4.69, 9.17) is 11.6 Å². The second kappa shape index (κ2) is 7.63. The van der Waals surface area contributed by atoms with Crippen molar-refractivity contribution in [3.05, 3.63) is 29.0 Å². The molecule has 3 N–H and O–H groups in total. The van der Waals surface area contributed by atoms with Gasteiger partial charge in [-0.1, -0.05) is 11.6 Å². The van der Waals surface area contributed by atoms with Crippen LogP contribution in [0.5, 0.6) is 0 Å². The Bertz CT molecular complexity index is 540. The first kappa shape index (κ1) is 17.7. The molecular weight excluding hydrogens is 319 g/mol. The molecule has 8 heteroatoms. The summed E-state index contributed by atoms with van der Waals surface area (Å²) in [5, 5.41) is 14.3. The standard InChI is InChI=1S/C13H16ClFN2O3S/c1-13(20,7-21-2)6-16-11(18)12(19)17-8-3-4-10(15)9(14)5-8/h3-5,20H,6-7H2,1-2H3,(H,16,18)(H,17,19). The molecular formula is C13H16ClFN2O3S. The van der Waals surface area contributed by atoms with Crippen molar-refractivity contribution in [3.8, 4) is 0 Å². The maximum Gasteiger partial charge on any atom is 0.313 e. The lowest BCUT2D eigenvalue weighted by atomic mass is 10.1. The lowest BCUT2D eigenvalue weighted by Gasteiger charge is -2.22. The minimum atomic E-state index is -1.10. The Morgan fingerprint density at radius 3 is 2.67 bits per heavy atom. The van der Waals surface area contributed by atoms with E-state index >= 15 is 0 Å². The van der Waals surface area contributed by atoms with Gasteiger partial charge >= 0.3 is 11.8 Å². The number of nitrogens with one attached hydrogen (secondary N) is 2. The number of aliphatic hydroxyl groups is 1. The molecule has 0 aromatic heterocycles. The van der Waals surface area contributed by atoms with Gasteiger partial charge in [0.1, 0.15) is 5.82 Å². The minimum Gasteiger partial charge on any atom is -0.387 e. The second-order valence-corrected chi connectivity index (χ2v) is 5.97. The maximum absolute atomic E-state index is 13.0. The Labute approximate surface area is 131 Å². The van der Waals surface area contributed by atoms with Gasteiger partial charge in [0, 0.05) is 18.0 Å². The molecule has 1 unspecified atom stereocenters. The molecule has 1 atom stereocenters. The van der Waals surface area contributed by atoms with E-state index in [0.717, 1.165) is 6.07 Å². The number of benzene rings is 1. The zero-order valence-corrected chi connectivity index (χ0v) is 13.1. The quantitative estimate of drug-likeness (QED) is 0.715. The Balaban J connectivity index is 2.55. The number of carbonyl (C=O) groups is 2. The van der Waals surface area contributed by atoms with Gasteiger partial charge in [-0.25, -0.2) is 4.39 Å². The molecule has 1 rings (SSSR count). The third-order valence-electron chi connectivity index (χ3n) is 2.47. The molecule has 0 bridgehead atoms. The Kier molecular flexibility index (Phi) is 6.44. The number of anilines is 1. The number of rotatable bonds is 5. The molecule has 0 aliphatic heterocycles. The summed E-state index contributed by atoms with van der Waals surface area (Å²) in [6.07, 6.45) is 1.82. The van der Waals surface area contributed by atoms with Crippen molar-refractivity contribution in [1.29, 1.82) is 0 Å². The summed E-state index contributed by atoms with van der Waals surface area (Å²) in [5.41, 5.74) is -0.897. The molecule has 5 nitrogen and oxygen atoms in total. The van der Waals surface area contributed by atoms with Crippen molar-refractivity contribution in [1.82, 2.24) is 5.32 Å². The fourth-order valence-corrected chi connectivity index (χ4v) is 2.38. The van der Waals surface area contributed by atoms with Crippen LogP contribution in [0.3, 0.4) is 0 Å². The fraction of sp³-hybridized carbons (Fsp3) is 0.385. The van der Waals surface area contributed by atoms with Gasteiger partial charge < -0.3 is 15.7 Å². The van der Waals surface area contributed by atoms with E-state index in [1.807, 2.05) is 6.26 Å². The van der Waals surface area contributed by atoms with E-state index in [0.29, 0.717) is 5.75 Å². The Hall–Kier alpha value is -1.31. The summed E-state index contributed by atoms with van der Waals surface area (Å²) in [7, 11) is 0. The first-order valence-electron chi connectivity index (χ1n) is 6.01. The van der Waals surface area contributed by atoms with Crippen LogP contribution in [0.1, 0.15) is 6.92 Å². The summed E-state index contributed by atoms with van der Waals surface area (Å²) < 4.78 is 13.0. The highest BCUT2D eigenvalue weighted by atomic mass is 35.5. The highest BCUT2D eigenvalue weighted by Gasteiger charge is 2.22. The minimum absolute atomic E-state index is 0.0513. The van der Waals surface area contributed by atoms with Crippen molar-refractivity contribution in [3.63, 3.8) is 0 Å². The normalized spacial score (nSPS) is 13.4. The first-order valence-corrected chi connectivity index (χ1v) is 7.78. The average Bonchev–Trinajstić information content (AvgIpc) is 2.40. The molecule has 1 aromatic carbocycles. The highest BCUT2D eigenvalue weighted by molar-refractivity contribution is 7.98. The van der Waals surface area contributed by atoms with Crippen LogP contribution in [0.4, 0.5) is 10.1 Å². The molecule has 0 heterocycles. The van der Waals surface area contributed by atoms with E-state index in [2.05, 4.69) is 10.6 Å². The lowest BCUT2D eigenvalue weighted by molar-refractivity contribution is -0.136. The van der Waals surface area contributed by atoms with Crippen LogP contribution < -0.4 is 10.6 Å². The number of amides is 2. The van der Waals surface area contributed by atoms with Gasteiger partial charge in [0.05, 0.1) is 10.6 Å². The van der Waals surface area contributed by atoms with Crippen molar-refractivity contribution < 1.29 is 19.1 Å². The van der Waals surface area contributed by atoms with Crippen molar-refractivity contribution in [2.75, 3.05) is 23.9 Å². The molecule has 21 heavy (non-hydrogen) atoms. The van der Waals surface area contributed by atoms with Crippen LogP contribution in [0, 0.1) is 5.82 Å². The monoisotopic (exact) mass is 334 g/mol. The van der Waals surface area contributed by atoms with Crippen molar-refractivity contribution >= 4 is 40.9 Å². The third kappa shape index (κ3) is 5.91. The summed E-state index contributed by atoms with van der Waals surface area (Å²) in [6.45, 7) is 1.51. The van der Waals surface area contributed by atoms with Crippen LogP contribution >= 0.6 is 23.4 Å². The van der Waals surface area contributed by atoms with E-state index in [1.54, 1.807) is 6.92 Å².